The lowest BCUT2D eigenvalue weighted by Gasteiger charge is -2.13. The molecule has 1 aromatic heterocycles. The summed E-state index contributed by atoms with van der Waals surface area (Å²) in [4.78, 5) is 24.3. The van der Waals surface area contributed by atoms with Gasteiger partial charge in [0, 0.05) is 12.1 Å². The van der Waals surface area contributed by atoms with Gasteiger partial charge in [0.25, 0.3) is 0 Å². The van der Waals surface area contributed by atoms with E-state index in [1.54, 1.807) is 19.1 Å². The van der Waals surface area contributed by atoms with Crippen LogP contribution >= 0.6 is 0 Å². The van der Waals surface area contributed by atoms with Gasteiger partial charge in [-0.3, -0.25) is 4.79 Å². The van der Waals surface area contributed by atoms with Crippen molar-refractivity contribution in [3.63, 3.8) is 0 Å². The van der Waals surface area contributed by atoms with E-state index in [1.807, 2.05) is 0 Å². The Balaban J connectivity index is 2.15. The van der Waals surface area contributed by atoms with Crippen molar-refractivity contribution in [3.05, 3.63) is 63.2 Å². The molecule has 0 saturated heterocycles. The molecule has 0 bridgehead atoms. The maximum Gasteiger partial charge on any atom is 0.339 e. The molecule has 0 aliphatic carbocycles. The molecule has 0 spiro atoms. The van der Waals surface area contributed by atoms with E-state index < -0.39 is 12.1 Å². The number of rotatable bonds is 3. The van der Waals surface area contributed by atoms with Crippen LogP contribution in [0.1, 0.15) is 40.3 Å². The fraction of sp³-hybridized carbons (Fsp3) is 0.176. The van der Waals surface area contributed by atoms with Crippen molar-refractivity contribution in [3.8, 4) is 11.5 Å². The van der Waals surface area contributed by atoms with Crippen LogP contribution in [0.4, 0.5) is 0 Å². The molecule has 1 aliphatic rings. The normalized spacial score (nSPS) is 16.4. The molecule has 2 heterocycles. The average Bonchev–Trinajstić information content (AvgIpc) is 2.84. The van der Waals surface area contributed by atoms with Crippen LogP contribution in [0.2, 0.25) is 0 Å². The maximum absolute atomic E-state index is 12.3. The van der Waals surface area contributed by atoms with Crippen molar-refractivity contribution < 1.29 is 23.8 Å². The highest BCUT2D eigenvalue weighted by Crippen LogP contribution is 2.42. The molecule has 2 aromatic rings. The van der Waals surface area contributed by atoms with E-state index in [1.165, 1.54) is 31.6 Å². The Hall–Kier alpha value is -3.02. The molecular formula is C17H14O6. The minimum absolute atomic E-state index is 0.117. The molecule has 0 radical (unpaired) electrons. The summed E-state index contributed by atoms with van der Waals surface area (Å²) in [5.74, 6) is -0.0685. The van der Waals surface area contributed by atoms with Gasteiger partial charge in [0.05, 0.1) is 23.8 Å². The molecular weight excluding hydrogens is 300 g/mol. The van der Waals surface area contributed by atoms with Gasteiger partial charge in [-0.15, -0.1) is 0 Å². The molecule has 0 unspecified atom stereocenters. The van der Waals surface area contributed by atoms with Crippen LogP contribution in [0.3, 0.4) is 0 Å². The quantitative estimate of drug-likeness (QED) is 0.877. The first-order chi connectivity index (χ1) is 11.0. The predicted octanol–water partition coefficient (Wildman–Crippen LogP) is 2.65. The third-order valence-electron chi connectivity index (χ3n) is 3.55. The molecule has 1 aliphatic heterocycles. The zero-order valence-electron chi connectivity index (χ0n) is 12.5. The number of cyclic esters (lactones) is 1. The minimum atomic E-state index is -0.927. The number of allylic oxidation sites excluding steroid dienone is 1. The number of hydrogen-bond acceptors (Lipinski definition) is 6. The highest BCUT2D eigenvalue weighted by molar-refractivity contribution is 5.96. The molecule has 0 amide bonds. The van der Waals surface area contributed by atoms with E-state index in [9.17, 15) is 14.7 Å². The highest BCUT2D eigenvalue weighted by atomic mass is 16.6. The number of carbonyl (C=O) groups excluding carboxylic acids is 1. The van der Waals surface area contributed by atoms with Gasteiger partial charge in [0.2, 0.25) is 0 Å². The Kier molecular flexibility index (Phi) is 3.65. The number of hydrogen-bond donors (Lipinski definition) is 1. The Morgan fingerprint density at radius 1 is 1.26 bits per heavy atom. The van der Waals surface area contributed by atoms with E-state index in [0.717, 1.165) is 0 Å². The second kappa shape index (κ2) is 5.64. The number of methoxy groups -OCH3 is 1. The topological polar surface area (TPSA) is 86.0 Å². The maximum atomic E-state index is 12.3. The second-order valence-corrected chi connectivity index (χ2v) is 5.00. The zero-order chi connectivity index (χ0) is 16.6. The number of benzene rings is 1. The van der Waals surface area contributed by atoms with Crippen LogP contribution in [0.25, 0.3) is 6.08 Å². The monoisotopic (exact) mass is 314 g/mol. The van der Waals surface area contributed by atoms with Gasteiger partial charge in [0.15, 0.2) is 11.5 Å². The van der Waals surface area contributed by atoms with E-state index in [4.69, 9.17) is 13.9 Å². The van der Waals surface area contributed by atoms with Crippen molar-refractivity contribution in [2.75, 3.05) is 7.11 Å². The number of phenolic OH excluding ortho intramolecular Hbond substituents is 1. The van der Waals surface area contributed by atoms with Gasteiger partial charge in [-0.1, -0.05) is 6.08 Å². The van der Waals surface area contributed by atoms with Crippen LogP contribution in [0.5, 0.6) is 11.5 Å². The number of esters is 1. The Morgan fingerprint density at radius 2 is 2.04 bits per heavy atom. The van der Waals surface area contributed by atoms with Crippen molar-refractivity contribution in [1.29, 1.82) is 0 Å². The zero-order valence-corrected chi connectivity index (χ0v) is 12.5. The van der Waals surface area contributed by atoms with Gasteiger partial charge in [0.1, 0.15) is 23.5 Å². The average molecular weight is 314 g/mol. The van der Waals surface area contributed by atoms with Crippen LogP contribution in [-0.4, -0.2) is 18.2 Å². The van der Waals surface area contributed by atoms with E-state index >= 15 is 0 Å². The number of ether oxygens (including phenoxy) is 2. The van der Waals surface area contributed by atoms with Gasteiger partial charge >= 0.3 is 5.97 Å². The van der Waals surface area contributed by atoms with Gasteiger partial charge < -0.3 is 19.0 Å². The molecule has 118 valence electrons. The van der Waals surface area contributed by atoms with Gasteiger partial charge in [-0.25, -0.2) is 4.79 Å². The van der Waals surface area contributed by atoms with Crippen molar-refractivity contribution in [2.45, 2.75) is 13.0 Å². The molecule has 6 heteroatoms. The summed E-state index contributed by atoms with van der Waals surface area (Å²) in [7, 11) is 1.41. The fourth-order valence-corrected chi connectivity index (χ4v) is 2.55. The smallest absolute Gasteiger partial charge is 0.339 e. The third-order valence-corrected chi connectivity index (χ3v) is 3.55. The molecule has 3 rings (SSSR count). The predicted molar refractivity (Wildman–Crippen MR) is 81.6 cm³/mol. The molecule has 23 heavy (non-hydrogen) atoms. The van der Waals surface area contributed by atoms with Crippen LogP contribution in [0, 0.1) is 0 Å². The Bertz CT molecular complexity index is 862. The summed E-state index contributed by atoms with van der Waals surface area (Å²) in [5, 5.41) is 9.66. The SMILES string of the molecule is C/C=C/c1cc(=O)c([C@@H]2OC(=O)c3cc(O)cc(OC)c32)co1. The van der Waals surface area contributed by atoms with E-state index in [-0.39, 0.29) is 28.1 Å². The van der Waals surface area contributed by atoms with E-state index in [2.05, 4.69) is 0 Å². The van der Waals surface area contributed by atoms with Gasteiger partial charge in [-0.05, 0) is 19.1 Å². The molecule has 1 atom stereocenters. The number of aromatic hydroxyl groups is 1. The Morgan fingerprint density at radius 3 is 2.70 bits per heavy atom. The summed E-state index contributed by atoms with van der Waals surface area (Å²) in [5.41, 5.74) is 0.449. The van der Waals surface area contributed by atoms with Crippen LogP contribution in [-0.2, 0) is 4.74 Å². The van der Waals surface area contributed by atoms with Crippen LogP contribution < -0.4 is 10.2 Å². The lowest BCUT2D eigenvalue weighted by molar-refractivity contribution is 0.0450. The first kappa shape index (κ1) is 14.9. The number of phenols is 1. The summed E-state index contributed by atoms with van der Waals surface area (Å²) in [6.45, 7) is 1.81. The largest absolute Gasteiger partial charge is 0.508 e. The highest BCUT2D eigenvalue weighted by Gasteiger charge is 2.37. The number of fused-ring (bicyclic) bond motifs is 1. The molecule has 0 fully saturated rings. The van der Waals surface area contributed by atoms with Gasteiger partial charge in [-0.2, -0.15) is 0 Å². The lowest BCUT2D eigenvalue weighted by Crippen LogP contribution is -2.14. The van der Waals surface area contributed by atoms with Crippen molar-refractivity contribution in [2.24, 2.45) is 0 Å². The van der Waals surface area contributed by atoms with Crippen LogP contribution in [0.15, 0.2) is 39.7 Å². The van der Waals surface area contributed by atoms with E-state index in [0.29, 0.717) is 11.3 Å². The molecule has 0 saturated carbocycles. The first-order valence-corrected chi connectivity index (χ1v) is 6.92. The standard InChI is InChI=1S/C17H14O6/c1-3-4-10-7-13(19)12(8-22-10)16-15-11(17(20)23-16)5-9(18)6-14(15)21-2/h3-8,16,18H,1-2H3/b4-3+/t16-/m0/s1. The second-order valence-electron chi connectivity index (χ2n) is 5.00. The van der Waals surface area contributed by atoms with Crippen molar-refractivity contribution >= 4 is 12.0 Å². The summed E-state index contributed by atoms with van der Waals surface area (Å²) < 4.78 is 15.9. The summed E-state index contributed by atoms with van der Waals surface area (Å²) >= 11 is 0. The molecule has 1 N–H and O–H groups in total. The third kappa shape index (κ3) is 2.48. The summed E-state index contributed by atoms with van der Waals surface area (Å²) in [6.07, 6.45) is 3.74. The number of carbonyl (C=O) groups is 1. The Labute approximate surface area is 131 Å². The molecule has 6 nitrogen and oxygen atoms in total. The van der Waals surface area contributed by atoms with Crippen molar-refractivity contribution in [1.82, 2.24) is 0 Å². The fourth-order valence-electron chi connectivity index (χ4n) is 2.55. The first-order valence-electron chi connectivity index (χ1n) is 6.92. The summed E-state index contributed by atoms with van der Waals surface area (Å²) in [6, 6.07) is 3.98. The minimum Gasteiger partial charge on any atom is -0.508 e. The molecule has 1 aromatic carbocycles. The lowest BCUT2D eigenvalue weighted by atomic mass is 9.98.